The Bertz CT molecular complexity index is 696. The summed E-state index contributed by atoms with van der Waals surface area (Å²) >= 11 is 3.08. The molecule has 0 aliphatic rings. The molecule has 0 aromatic heterocycles. The van der Waals surface area contributed by atoms with E-state index in [2.05, 4.69) is 15.9 Å². The van der Waals surface area contributed by atoms with E-state index in [9.17, 15) is 27.1 Å². The van der Waals surface area contributed by atoms with Crippen LogP contribution < -0.4 is 0 Å². The summed E-state index contributed by atoms with van der Waals surface area (Å²) in [5.74, 6) is -5.38. The molecule has 0 aliphatic heterocycles. The molecule has 2 aromatic rings. The first-order chi connectivity index (χ1) is 10.5. The van der Waals surface area contributed by atoms with Crippen molar-refractivity contribution >= 4 is 15.9 Å². The molecule has 124 valence electrons. The van der Waals surface area contributed by atoms with E-state index in [1.165, 1.54) is 37.3 Å². The molecule has 0 bridgehead atoms. The molecule has 1 atom stereocenters. The molecule has 1 N–H and O–H groups in total. The second-order valence-corrected chi connectivity index (χ2v) is 6.02. The van der Waals surface area contributed by atoms with Crippen LogP contribution in [0.25, 0.3) is 0 Å². The van der Waals surface area contributed by atoms with Gasteiger partial charge in [0.15, 0.2) is 5.60 Å². The smallest absolute Gasteiger partial charge is 0.374 e. The van der Waals surface area contributed by atoms with Crippen molar-refractivity contribution < 1.29 is 27.1 Å². The van der Waals surface area contributed by atoms with Crippen LogP contribution in [0.2, 0.25) is 0 Å². The van der Waals surface area contributed by atoms with E-state index in [1.807, 2.05) is 0 Å². The molecule has 0 radical (unpaired) electrons. The first kappa shape index (κ1) is 17.9. The average molecular weight is 395 g/mol. The third-order valence-corrected chi connectivity index (χ3v) is 4.14. The van der Waals surface area contributed by atoms with Crippen LogP contribution in [0.5, 0.6) is 0 Å². The molecule has 0 saturated heterocycles. The maximum absolute atomic E-state index is 14.2. The molecule has 1 unspecified atom stereocenters. The summed E-state index contributed by atoms with van der Waals surface area (Å²) in [6.07, 6.45) is -5.92. The van der Waals surface area contributed by atoms with Crippen LogP contribution in [0.1, 0.15) is 16.7 Å². The van der Waals surface area contributed by atoms with Gasteiger partial charge in [0.2, 0.25) is 0 Å². The zero-order chi connectivity index (χ0) is 17.5. The van der Waals surface area contributed by atoms with Crippen LogP contribution in [0, 0.1) is 6.92 Å². The quantitative estimate of drug-likeness (QED) is 0.710. The minimum Gasteiger partial charge on any atom is -0.374 e. The highest BCUT2D eigenvalue weighted by atomic mass is 79.9. The highest BCUT2D eigenvalue weighted by molar-refractivity contribution is 9.10. The third-order valence-electron chi connectivity index (χ3n) is 3.61. The Balaban J connectivity index is 2.80. The van der Waals surface area contributed by atoms with Crippen molar-refractivity contribution in [3.05, 3.63) is 69.7 Å². The number of benzene rings is 2. The number of rotatable bonds is 3. The lowest BCUT2D eigenvalue weighted by Crippen LogP contribution is -2.55. The molecule has 0 saturated carbocycles. The lowest BCUT2D eigenvalue weighted by molar-refractivity contribution is -0.336. The second-order valence-electron chi connectivity index (χ2n) is 5.10. The molecule has 0 aliphatic carbocycles. The summed E-state index contributed by atoms with van der Waals surface area (Å²) < 4.78 is 68.0. The van der Waals surface area contributed by atoms with E-state index in [-0.39, 0.29) is 5.56 Å². The Morgan fingerprint density at radius 1 is 0.870 bits per heavy atom. The van der Waals surface area contributed by atoms with Gasteiger partial charge in [-0.15, -0.1) is 0 Å². The summed E-state index contributed by atoms with van der Waals surface area (Å²) in [6.45, 7) is 1.37. The highest BCUT2D eigenvalue weighted by Gasteiger charge is 2.71. The summed E-state index contributed by atoms with van der Waals surface area (Å²) in [4.78, 5) is 0. The molecule has 1 nitrogen and oxygen atoms in total. The van der Waals surface area contributed by atoms with Gasteiger partial charge in [0.05, 0.1) is 0 Å². The number of aliphatic hydroxyl groups is 1. The minimum atomic E-state index is -5.92. The predicted octanol–water partition coefficient (Wildman–Crippen LogP) is 5.19. The van der Waals surface area contributed by atoms with Crippen molar-refractivity contribution in [2.45, 2.75) is 24.6 Å². The molecule has 2 rings (SSSR count). The van der Waals surface area contributed by atoms with Gasteiger partial charge in [-0.05, 0) is 35.7 Å². The standard InChI is InChI=1S/C16H12BrF5O/c1-10-4-2-3-5-13(10)14(23,15(18,19)16(20,21)22)11-6-8-12(17)9-7-11/h2-9,23H,1H3. The Morgan fingerprint density at radius 3 is 1.87 bits per heavy atom. The van der Waals surface area contributed by atoms with E-state index < -0.39 is 28.8 Å². The molecule has 7 heteroatoms. The van der Waals surface area contributed by atoms with Crippen molar-refractivity contribution in [3.8, 4) is 0 Å². The lowest BCUT2D eigenvalue weighted by Gasteiger charge is -2.38. The zero-order valence-corrected chi connectivity index (χ0v) is 13.4. The summed E-state index contributed by atoms with van der Waals surface area (Å²) in [5.41, 5.74) is -4.44. The maximum Gasteiger partial charge on any atom is 0.457 e. The number of alkyl halides is 5. The van der Waals surface area contributed by atoms with Crippen LogP contribution in [-0.2, 0) is 5.60 Å². The zero-order valence-electron chi connectivity index (χ0n) is 11.8. The van der Waals surface area contributed by atoms with Gasteiger partial charge >= 0.3 is 12.1 Å². The third kappa shape index (κ3) is 2.87. The second kappa shape index (κ2) is 5.87. The lowest BCUT2D eigenvalue weighted by atomic mass is 9.78. The average Bonchev–Trinajstić information content (AvgIpc) is 2.46. The van der Waals surface area contributed by atoms with Crippen LogP contribution in [-0.4, -0.2) is 17.2 Å². The van der Waals surface area contributed by atoms with Crippen LogP contribution in [0.15, 0.2) is 53.0 Å². The van der Waals surface area contributed by atoms with Gasteiger partial charge in [0, 0.05) is 4.47 Å². The first-order valence-corrected chi connectivity index (χ1v) is 7.30. The van der Waals surface area contributed by atoms with E-state index >= 15 is 0 Å². The van der Waals surface area contributed by atoms with E-state index in [0.29, 0.717) is 4.47 Å². The molecule has 0 amide bonds. The number of hydrogen-bond donors (Lipinski definition) is 1. The van der Waals surface area contributed by atoms with Crippen molar-refractivity contribution in [2.24, 2.45) is 0 Å². The number of halogens is 6. The SMILES string of the molecule is Cc1ccccc1C(O)(c1ccc(Br)cc1)C(F)(F)C(F)(F)F. The van der Waals surface area contributed by atoms with Gasteiger partial charge < -0.3 is 5.11 Å². The predicted molar refractivity (Wildman–Crippen MR) is 79.3 cm³/mol. The number of aryl methyl sites for hydroxylation is 1. The Kier molecular flexibility index (Phi) is 4.56. The molecular weight excluding hydrogens is 383 g/mol. The number of hydrogen-bond acceptors (Lipinski definition) is 1. The fourth-order valence-corrected chi connectivity index (χ4v) is 2.65. The highest BCUT2D eigenvalue weighted by Crippen LogP contribution is 2.52. The van der Waals surface area contributed by atoms with Crippen LogP contribution in [0.4, 0.5) is 22.0 Å². The topological polar surface area (TPSA) is 20.2 Å². The van der Waals surface area contributed by atoms with Gasteiger partial charge in [0.1, 0.15) is 0 Å². The largest absolute Gasteiger partial charge is 0.457 e. The van der Waals surface area contributed by atoms with Gasteiger partial charge in [-0.25, -0.2) is 0 Å². The normalized spacial score (nSPS) is 15.3. The molecule has 23 heavy (non-hydrogen) atoms. The van der Waals surface area contributed by atoms with Crippen LogP contribution in [0.3, 0.4) is 0 Å². The summed E-state index contributed by atoms with van der Waals surface area (Å²) in [5, 5.41) is 10.6. The molecule has 0 fully saturated rings. The molecule has 0 heterocycles. The Hall–Kier alpha value is -1.47. The van der Waals surface area contributed by atoms with E-state index in [0.717, 1.165) is 18.2 Å². The van der Waals surface area contributed by atoms with Crippen molar-refractivity contribution in [3.63, 3.8) is 0 Å². The first-order valence-electron chi connectivity index (χ1n) is 6.51. The van der Waals surface area contributed by atoms with Crippen molar-refractivity contribution in [2.75, 3.05) is 0 Å². The van der Waals surface area contributed by atoms with Crippen molar-refractivity contribution in [1.29, 1.82) is 0 Å². The fourth-order valence-electron chi connectivity index (χ4n) is 2.38. The Labute approximate surface area is 137 Å². The monoisotopic (exact) mass is 394 g/mol. The van der Waals surface area contributed by atoms with Gasteiger partial charge in [0.25, 0.3) is 0 Å². The van der Waals surface area contributed by atoms with Gasteiger partial charge in [-0.3, -0.25) is 0 Å². The van der Waals surface area contributed by atoms with Gasteiger partial charge in [-0.1, -0.05) is 52.3 Å². The summed E-state index contributed by atoms with van der Waals surface area (Å²) in [7, 11) is 0. The van der Waals surface area contributed by atoms with E-state index in [4.69, 9.17) is 0 Å². The Morgan fingerprint density at radius 2 is 1.39 bits per heavy atom. The van der Waals surface area contributed by atoms with Crippen LogP contribution >= 0.6 is 15.9 Å². The van der Waals surface area contributed by atoms with Crippen molar-refractivity contribution in [1.82, 2.24) is 0 Å². The molecule has 2 aromatic carbocycles. The summed E-state index contributed by atoms with van der Waals surface area (Å²) in [6, 6.07) is 9.90. The minimum absolute atomic E-state index is 0.127. The molecular formula is C16H12BrF5O. The molecule has 0 spiro atoms. The van der Waals surface area contributed by atoms with Gasteiger partial charge in [-0.2, -0.15) is 22.0 Å². The van der Waals surface area contributed by atoms with E-state index in [1.54, 1.807) is 0 Å². The fraction of sp³-hybridized carbons (Fsp3) is 0.250. The maximum atomic E-state index is 14.2.